The van der Waals surface area contributed by atoms with Crippen molar-refractivity contribution in [2.75, 3.05) is 0 Å². The molecule has 4 nitrogen and oxygen atoms in total. The van der Waals surface area contributed by atoms with Crippen LogP contribution in [0.2, 0.25) is 0 Å². The van der Waals surface area contributed by atoms with Gasteiger partial charge in [-0.25, -0.2) is 4.79 Å². The molecule has 3 aromatic rings. The Kier molecular flexibility index (Phi) is 3.83. The lowest BCUT2D eigenvalue weighted by Crippen LogP contribution is -1.93. The highest BCUT2D eigenvalue weighted by Gasteiger charge is 2.06. The number of H-pyrrole nitrogens is 1. The first-order valence-corrected chi connectivity index (χ1v) is 6.79. The summed E-state index contributed by atoms with van der Waals surface area (Å²) in [6, 6.07) is 14.7. The number of benzene rings is 2. The van der Waals surface area contributed by atoms with Crippen molar-refractivity contribution in [3.63, 3.8) is 0 Å². The molecule has 1 N–H and O–H groups in total. The van der Waals surface area contributed by atoms with Crippen LogP contribution in [0.4, 0.5) is 0 Å². The summed E-state index contributed by atoms with van der Waals surface area (Å²) in [7, 11) is 0. The van der Waals surface area contributed by atoms with E-state index in [4.69, 9.17) is 4.42 Å². The van der Waals surface area contributed by atoms with Gasteiger partial charge in [0.15, 0.2) is 11.4 Å². The second kappa shape index (κ2) is 6.10. The molecule has 22 heavy (non-hydrogen) atoms. The molecule has 0 amide bonds. The van der Waals surface area contributed by atoms with Gasteiger partial charge in [0.05, 0.1) is 5.52 Å². The Morgan fingerprint density at radius 3 is 2.68 bits per heavy atom. The number of carbonyl (C=O) groups is 1. The van der Waals surface area contributed by atoms with Crippen LogP contribution in [-0.2, 0) is 0 Å². The first-order valence-electron chi connectivity index (χ1n) is 6.79. The summed E-state index contributed by atoms with van der Waals surface area (Å²) < 4.78 is 4.94. The van der Waals surface area contributed by atoms with Crippen molar-refractivity contribution in [3.05, 3.63) is 88.4 Å². The number of nitrogens with one attached hydrogen (secondary N) is 1. The smallest absolute Gasteiger partial charge is 0.408 e. The van der Waals surface area contributed by atoms with E-state index in [2.05, 4.69) is 4.98 Å². The SMILES string of the molecule is O=C(/C=C/C=C/c1ccccc1)c1ccc2[nH]c(=O)oc2c1. The number of carbonyl (C=O) groups excluding carboxylic acids is 1. The molecule has 0 saturated carbocycles. The van der Waals surface area contributed by atoms with Crippen LogP contribution in [0.3, 0.4) is 0 Å². The molecule has 108 valence electrons. The van der Waals surface area contributed by atoms with E-state index in [9.17, 15) is 9.59 Å². The van der Waals surface area contributed by atoms with Gasteiger partial charge in [0.1, 0.15) is 0 Å². The molecule has 0 aliphatic heterocycles. The van der Waals surface area contributed by atoms with Crippen LogP contribution in [0.1, 0.15) is 15.9 Å². The number of ketones is 1. The number of hydrogen-bond acceptors (Lipinski definition) is 3. The van der Waals surface area contributed by atoms with Gasteiger partial charge in [0, 0.05) is 5.56 Å². The zero-order valence-corrected chi connectivity index (χ0v) is 11.7. The zero-order chi connectivity index (χ0) is 15.4. The fraction of sp³-hybridized carbons (Fsp3) is 0. The molecule has 0 fully saturated rings. The first kappa shape index (κ1) is 13.8. The summed E-state index contributed by atoms with van der Waals surface area (Å²) in [5.74, 6) is -0.676. The second-order valence-electron chi connectivity index (χ2n) is 4.72. The Bertz CT molecular complexity index is 914. The van der Waals surface area contributed by atoms with E-state index in [1.165, 1.54) is 6.08 Å². The van der Waals surface area contributed by atoms with Crippen molar-refractivity contribution in [2.45, 2.75) is 0 Å². The molecule has 0 aliphatic carbocycles. The minimum atomic E-state index is -0.527. The summed E-state index contributed by atoms with van der Waals surface area (Å²) in [6.07, 6.45) is 6.89. The van der Waals surface area contributed by atoms with Gasteiger partial charge < -0.3 is 4.42 Å². The third-order valence-electron chi connectivity index (χ3n) is 3.15. The quantitative estimate of drug-likeness (QED) is 0.454. The summed E-state index contributed by atoms with van der Waals surface area (Å²) in [5.41, 5.74) is 2.49. The molecule has 2 aromatic carbocycles. The zero-order valence-electron chi connectivity index (χ0n) is 11.7. The molecular weight excluding hydrogens is 278 g/mol. The van der Waals surface area contributed by atoms with Crippen molar-refractivity contribution in [2.24, 2.45) is 0 Å². The second-order valence-corrected chi connectivity index (χ2v) is 4.72. The van der Waals surface area contributed by atoms with Gasteiger partial charge in [0.25, 0.3) is 0 Å². The predicted octanol–water partition coefficient (Wildman–Crippen LogP) is 3.57. The molecule has 0 bridgehead atoms. The number of allylic oxidation sites excluding steroid dienone is 3. The molecule has 0 radical (unpaired) electrons. The maximum Gasteiger partial charge on any atom is 0.417 e. The monoisotopic (exact) mass is 291 g/mol. The Morgan fingerprint density at radius 1 is 1.05 bits per heavy atom. The van der Waals surface area contributed by atoms with E-state index in [1.807, 2.05) is 42.5 Å². The van der Waals surface area contributed by atoms with Gasteiger partial charge in [-0.05, 0) is 29.8 Å². The molecule has 0 atom stereocenters. The number of oxazole rings is 1. The highest BCUT2D eigenvalue weighted by Crippen LogP contribution is 2.13. The van der Waals surface area contributed by atoms with Crippen molar-refractivity contribution < 1.29 is 9.21 Å². The molecule has 1 aromatic heterocycles. The lowest BCUT2D eigenvalue weighted by molar-refractivity contribution is 0.104. The fourth-order valence-corrected chi connectivity index (χ4v) is 2.07. The molecule has 0 saturated heterocycles. The predicted molar refractivity (Wildman–Crippen MR) is 85.8 cm³/mol. The highest BCUT2D eigenvalue weighted by molar-refractivity contribution is 6.06. The number of aromatic amines is 1. The Morgan fingerprint density at radius 2 is 1.86 bits per heavy atom. The van der Waals surface area contributed by atoms with Crippen LogP contribution in [0.5, 0.6) is 0 Å². The third-order valence-corrected chi connectivity index (χ3v) is 3.15. The van der Waals surface area contributed by atoms with Gasteiger partial charge in [-0.3, -0.25) is 9.78 Å². The minimum Gasteiger partial charge on any atom is -0.408 e. The van der Waals surface area contributed by atoms with E-state index >= 15 is 0 Å². The van der Waals surface area contributed by atoms with Crippen LogP contribution in [0, 0.1) is 0 Å². The Labute approximate surface area is 126 Å². The van der Waals surface area contributed by atoms with Gasteiger partial charge in [-0.2, -0.15) is 0 Å². The number of rotatable bonds is 4. The van der Waals surface area contributed by atoms with Crippen LogP contribution < -0.4 is 5.76 Å². The normalized spacial score (nSPS) is 11.6. The van der Waals surface area contributed by atoms with Gasteiger partial charge in [-0.1, -0.05) is 48.6 Å². The molecule has 0 spiro atoms. The number of fused-ring (bicyclic) bond motifs is 1. The summed E-state index contributed by atoms with van der Waals surface area (Å²) in [5, 5.41) is 0. The molecule has 1 heterocycles. The molecule has 3 rings (SSSR count). The highest BCUT2D eigenvalue weighted by atomic mass is 16.4. The molecular formula is C18H13NO3. The van der Waals surface area contributed by atoms with E-state index < -0.39 is 5.76 Å². The summed E-state index contributed by atoms with van der Waals surface area (Å²) >= 11 is 0. The number of hydrogen-bond donors (Lipinski definition) is 1. The number of aromatic nitrogens is 1. The Hall–Kier alpha value is -3.14. The van der Waals surface area contributed by atoms with Crippen molar-refractivity contribution in [3.8, 4) is 0 Å². The lowest BCUT2D eigenvalue weighted by Gasteiger charge is -1.94. The molecule has 4 heteroatoms. The van der Waals surface area contributed by atoms with Gasteiger partial charge in [-0.15, -0.1) is 0 Å². The average molecular weight is 291 g/mol. The van der Waals surface area contributed by atoms with E-state index in [0.29, 0.717) is 16.7 Å². The maximum atomic E-state index is 12.1. The average Bonchev–Trinajstić information content (AvgIpc) is 2.91. The van der Waals surface area contributed by atoms with Gasteiger partial charge >= 0.3 is 5.76 Å². The van der Waals surface area contributed by atoms with Crippen molar-refractivity contribution >= 4 is 23.0 Å². The van der Waals surface area contributed by atoms with Crippen molar-refractivity contribution in [1.82, 2.24) is 4.98 Å². The van der Waals surface area contributed by atoms with Crippen LogP contribution in [-0.4, -0.2) is 10.8 Å². The van der Waals surface area contributed by atoms with E-state index in [1.54, 1.807) is 24.3 Å². The van der Waals surface area contributed by atoms with Crippen LogP contribution >= 0.6 is 0 Å². The summed E-state index contributed by atoms with van der Waals surface area (Å²) in [6.45, 7) is 0. The maximum absolute atomic E-state index is 12.1. The Balaban J connectivity index is 1.73. The first-order chi connectivity index (χ1) is 10.7. The van der Waals surface area contributed by atoms with Gasteiger partial charge in [0.2, 0.25) is 0 Å². The third kappa shape index (κ3) is 3.12. The van der Waals surface area contributed by atoms with Crippen LogP contribution in [0.15, 0.2) is 76.0 Å². The fourth-order valence-electron chi connectivity index (χ4n) is 2.07. The largest absolute Gasteiger partial charge is 0.417 e. The summed E-state index contributed by atoms with van der Waals surface area (Å²) in [4.78, 5) is 25.7. The van der Waals surface area contributed by atoms with E-state index in [-0.39, 0.29) is 5.78 Å². The lowest BCUT2D eigenvalue weighted by atomic mass is 10.1. The van der Waals surface area contributed by atoms with Crippen LogP contribution in [0.25, 0.3) is 17.2 Å². The minimum absolute atomic E-state index is 0.150. The molecule has 0 aliphatic rings. The molecule has 0 unspecified atom stereocenters. The standard InChI is InChI=1S/C18H13NO3/c20-16(9-5-4-8-13-6-2-1-3-7-13)14-10-11-15-17(12-14)22-18(21)19-15/h1-12H,(H,19,21)/b8-4+,9-5+. The van der Waals surface area contributed by atoms with E-state index in [0.717, 1.165) is 5.56 Å². The topological polar surface area (TPSA) is 63.1 Å². The van der Waals surface area contributed by atoms with Crippen molar-refractivity contribution in [1.29, 1.82) is 0 Å².